The summed E-state index contributed by atoms with van der Waals surface area (Å²) in [6.45, 7) is 1.87. The van der Waals surface area contributed by atoms with Gasteiger partial charge < -0.3 is 10.8 Å². The van der Waals surface area contributed by atoms with Crippen LogP contribution in [0.1, 0.15) is 70.0 Å². The maximum Gasteiger partial charge on any atom is 0.281 e. The lowest BCUT2D eigenvalue weighted by Crippen LogP contribution is -2.22. The van der Waals surface area contributed by atoms with E-state index in [0.29, 0.717) is 27.9 Å². The largest absolute Gasteiger partial charge is 0.398 e. The molecule has 174 valence electrons. The van der Waals surface area contributed by atoms with Crippen LogP contribution < -0.4 is 5.73 Å². The molecule has 0 saturated carbocycles. The predicted octanol–water partition coefficient (Wildman–Crippen LogP) is 6.42. The summed E-state index contributed by atoms with van der Waals surface area (Å²) in [6, 6.07) is 12.7. The SMILES string of the molecule is Cc1ccc(-c2ccc([C@H]3CC[C@H](F)c4cc(F)cc(C#N)c43)c3c2[C@H](O)C(F)(F)C3)c(N)c1. The maximum atomic E-state index is 14.9. The fourth-order valence-electron chi connectivity index (χ4n) is 5.53. The molecule has 0 unspecified atom stereocenters. The normalized spacial score (nSPS) is 22.7. The molecule has 2 aliphatic rings. The fourth-order valence-corrected chi connectivity index (χ4v) is 5.53. The minimum atomic E-state index is -3.40. The Morgan fingerprint density at radius 1 is 1.03 bits per heavy atom. The van der Waals surface area contributed by atoms with E-state index in [-0.39, 0.29) is 35.1 Å². The Morgan fingerprint density at radius 2 is 1.76 bits per heavy atom. The molecule has 5 rings (SSSR count). The van der Waals surface area contributed by atoms with Crippen LogP contribution >= 0.6 is 0 Å². The number of anilines is 1. The van der Waals surface area contributed by atoms with Crippen LogP contribution in [0.2, 0.25) is 0 Å². The first kappa shape index (κ1) is 22.4. The first-order valence-electron chi connectivity index (χ1n) is 11.1. The molecule has 0 fully saturated rings. The van der Waals surface area contributed by atoms with Gasteiger partial charge in [0, 0.05) is 23.6 Å². The highest BCUT2D eigenvalue weighted by atomic mass is 19.3. The number of hydrogen-bond donors (Lipinski definition) is 2. The van der Waals surface area contributed by atoms with Crippen LogP contribution in [0.15, 0.2) is 42.5 Å². The minimum Gasteiger partial charge on any atom is -0.398 e. The molecule has 0 saturated heterocycles. The van der Waals surface area contributed by atoms with Crippen molar-refractivity contribution in [2.75, 3.05) is 5.73 Å². The van der Waals surface area contributed by atoms with Crippen LogP contribution in [0.5, 0.6) is 0 Å². The Hall–Kier alpha value is -3.37. The molecule has 34 heavy (non-hydrogen) atoms. The van der Waals surface area contributed by atoms with Crippen LogP contribution in [0.25, 0.3) is 11.1 Å². The summed E-state index contributed by atoms with van der Waals surface area (Å²) in [4.78, 5) is 0. The number of nitriles is 1. The van der Waals surface area contributed by atoms with Gasteiger partial charge in [-0.05, 0) is 76.9 Å². The van der Waals surface area contributed by atoms with E-state index in [1.54, 1.807) is 24.3 Å². The Balaban J connectivity index is 1.75. The van der Waals surface area contributed by atoms with E-state index in [1.165, 1.54) is 0 Å². The lowest BCUT2D eigenvalue weighted by molar-refractivity contribution is -0.0966. The molecular formula is C27H22F4N2O. The molecule has 0 aliphatic heterocycles. The van der Waals surface area contributed by atoms with E-state index >= 15 is 0 Å². The van der Waals surface area contributed by atoms with Gasteiger partial charge in [0.25, 0.3) is 5.92 Å². The number of nitrogens with two attached hydrogens (primary N) is 1. The molecule has 2 aliphatic carbocycles. The van der Waals surface area contributed by atoms with E-state index < -0.39 is 36.4 Å². The highest BCUT2D eigenvalue weighted by molar-refractivity contribution is 5.81. The van der Waals surface area contributed by atoms with Crippen molar-refractivity contribution in [2.24, 2.45) is 0 Å². The smallest absolute Gasteiger partial charge is 0.281 e. The van der Waals surface area contributed by atoms with Crippen molar-refractivity contribution in [2.45, 2.75) is 50.3 Å². The van der Waals surface area contributed by atoms with Gasteiger partial charge in [-0.3, -0.25) is 0 Å². The van der Waals surface area contributed by atoms with Gasteiger partial charge in [0.15, 0.2) is 0 Å². The van der Waals surface area contributed by atoms with E-state index in [0.717, 1.165) is 17.7 Å². The maximum absolute atomic E-state index is 14.9. The van der Waals surface area contributed by atoms with Crippen molar-refractivity contribution < 1.29 is 22.7 Å². The highest BCUT2D eigenvalue weighted by Gasteiger charge is 2.50. The topological polar surface area (TPSA) is 70.0 Å². The van der Waals surface area contributed by atoms with E-state index in [1.807, 2.05) is 19.1 Å². The number of aryl methyl sites for hydroxylation is 1. The van der Waals surface area contributed by atoms with Gasteiger partial charge in [0.05, 0.1) is 11.6 Å². The zero-order chi connectivity index (χ0) is 24.4. The van der Waals surface area contributed by atoms with E-state index in [2.05, 4.69) is 0 Å². The van der Waals surface area contributed by atoms with Gasteiger partial charge in [0.1, 0.15) is 18.1 Å². The summed E-state index contributed by atoms with van der Waals surface area (Å²) in [5, 5.41) is 20.3. The van der Waals surface area contributed by atoms with Crippen molar-refractivity contribution in [3.8, 4) is 17.2 Å². The monoisotopic (exact) mass is 466 g/mol. The third-order valence-corrected chi connectivity index (χ3v) is 7.04. The molecule has 3 aromatic rings. The summed E-state index contributed by atoms with van der Waals surface area (Å²) >= 11 is 0. The first-order valence-corrected chi connectivity index (χ1v) is 11.1. The Kier molecular flexibility index (Phi) is 5.18. The van der Waals surface area contributed by atoms with Crippen LogP contribution in [0, 0.1) is 24.1 Å². The number of halogens is 4. The second kappa shape index (κ2) is 7.85. The molecule has 0 amide bonds. The average molecular weight is 466 g/mol. The minimum absolute atomic E-state index is 0.00624. The summed E-state index contributed by atoms with van der Waals surface area (Å²) in [7, 11) is 0. The zero-order valence-electron chi connectivity index (χ0n) is 18.4. The van der Waals surface area contributed by atoms with Crippen LogP contribution in [-0.2, 0) is 6.42 Å². The van der Waals surface area contributed by atoms with Crippen LogP contribution in [0.4, 0.5) is 23.2 Å². The van der Waals surface area contributed by atoms with E-state index in [4.69, 9.17) is 5.73 Å². The summed E-state index contributed by atoms with van der Waals surface area (Å²) in [6.07, 6.45) is -3.81. The second-order valence-electron chi connectivity index (χ2n) is 9.19. The molecule has 3 aromatic carbocycles. The third-order valence-electron chi connectivity index (χ3n) is 7.04. The van der Waals surface area contributed by atoms with Gasteiger partial charge in [-0.25, -0.2) is 17.6 Å². The molecule has 0 aromatic heterocycles. The quantitative estimate of drug-likeness (QED) is 0.338. The second-order valence-corrected chi connectivity index (χ2v) is 9.19. The fraction of sp³-hybridized carbons (Fsp3) is 0.296. The van der Waals surface area contributed by atoms with E-state index in [9.17, 15) is 27.9 Å². The number of alkyl halides is 3. The average Bonchev–Trinajstić information content (AvgIpc) is 3.03. The van der Waals surface area contributed by atoms with Crippen molar-refractivity contribution in [1.29, 1.82) is 5.26 Å². The number of rotatable bonds is 2. The Morgan fingerprint density at radius 3 is 2.47 bits per heavy atom. The standard InChI is InChI=1S/C27H22F4N2O/c1-13-2-3-17(23(33)8-13)19-5-4-16(21-11-27(30,31)26(34)25(19)21)18-6-7-22(29)20-10-15(28)9-14(12-32)24(18)20/h2-5,8-10,18,22,26,34H,6-7,11,33H2,1H3/t18-,22+,26+/m1/s1. The summed E-state index contributed by atoms with van der Waals surface area (Å²) in [5.74, 6) is -4.68. The van der Waals surface area contributed by atoms with Crippen LogP contribution in [-0.4, -0.2) is 11.0 Å². The predicted molar refractivity (Wildman–Crippen MR) is 121 cm³/mol. The lowest BCUT2D eigenvalue weighted by atomic mass is 9.74. The summed E-state index contributed by atoms with van der Waals surface area (Å²) < 4.78 is 58.5. The Bertz CT molecular complexity index is 1360. The van der Waals surface area contributed by atoms with Crippen molar-refractivity contribution in [3.05, 3.63) is 87.2 Å². The molecule has 0 bridgehead atoms. The Labute approximate surface area is 194 Å². The molecule has 3 atom stereocenters. The van der Waals surface area contributed by atoms with Gasteiger partial charge in [-0.15, -0.1) is 0 Å². The molecule has 7 heteroatoms. The molecule has 3 nitrogen and oxygen atoms in total. The van der Waals surface area contributed by atoms with Crippen LogP contribution in [0.3, 0.4) is 0 Å². The van der Waals surface area contributed by atoms with Gasteiger partial charge in [-0.1, -0.05) is 24.3 Å². The van der Waals surface area contributed by atoms with Gasteiger partial charge in [-0.2, -0.15) is 5.26 Å². The molecule has 0 spiro atoms. The molecule has 0 radical (unpaired) electrons. The lowest BCUT2D eigenvalue weighted by Gasteiger charge is -2.31. The number of nitrogens with zero attached hydrogens (tertiary/aromatic N) is 1. The third kappa shape index (κ3) is 3.36. The number of benzene rings is 3. The first-order chi connectivity index (χ1) is 16.1. The number of fused-ring (bicyclic) bond motifs is 2. The number of aliphatic hydroxyl groups excluding tert-OH is 1. The highest BCUT2D eigenvalue weighted by Crippen LogP contribution is 2.53. The molecular weight excluding hydrogens is 444 g/mol. The van der Waals surface area contributed by atoms with Crippen molar-refractivity contribution in [1.82, 2.24) is 0 Å². The molecule has 0 heterocycles. The number of nitrogen functional groups attached to an aromatic ring is 1. The van der Waals surface area contributed by atoms with Crippen molar-refractivity contribution in [3.63, 3.8) is 0 Å². The molecule has 3 N–H and O–H groups in total. The summed E-state index contributed by atoms with van der Waals surface area (Å²) in [5.41, 5.74) is 9.74. The number of hydrogen-bond acceptors (Lipinski definition) is 3. The van der Waals surface area contributed by atoms with Gasteiger partial charge in [0.2, 0.25) is 0 Å². The number of aliphatic hydroxyl groups is 1. The zero-order valence-corrected chi connectivity index (χ0v) is 18.4. The van der Waals surface area contributed by atoms with Crippen molar-refractivity contribution >= 4 is 5.69 Å². The van der Waals surface area contributed by atoms with Gasteiger partial charge >= 0.3 is 0 Å².